The largest absolute Gasteiger partial charge is 0.495 e. The van der Waals surface area contributed by atoms with E-state index in [0.717, 1.165) is 17.8 Å². The van der Waals surface area contributed by atoms with Crippen LogP contribution in [0.5, 0.6) is 5.75 Å². The van der Waals surface area contributed by atoms with E-state index < -0.39 is 0 Å². The maximum absolute atomic E-state index is 5.26. The van der Waals surface area contributed by atoms with Crippen LogP contribution in [0.15, 0.2) is 48.5 Å². The van der Waals surface area contributed by atoms with Crippen molar-refractivity contribution >= 4 is 46.0 Å². The van der Waals surface area contributed by atoms with Crippen LogP contribution in [0.3, 0.4) is 0 Å². The molecule has 0 radical (unpaired) electrons. The number of ether oxygens (including phenoxy) is 1. The van der Waals surface area contributed by atoms with Gasteiger partial charge in [0.05, 0.1) is 12.8 Å². The Labute approximate surface area is 152 Å². The number of aryl methyl sites for hydroxylation is 1. The fourth-order valence-corrected chi connectivity index (χ4v) is 2.38. The summed E-state index contributed by atoms with van der Waals surface area (Å²) in [4.78, 5) is 0. The molecule has 0 unspecified atom stereocenters. The van der Waals surface area contributed by atoms with Crippen LogP contribution in [-0.2, 0) is 6.42 Å². The molecule has 0 amide bonds. The van der Waals surface area contributed by atoms with Crippen LogP contribution in [0, 0.1) is 0 Å². The minimum absolute atomic E-state index is 0.381. The predicted octanol–water partition coefficient (Wildman–Crippen LogP) is 3.45. The van der Waals surface area contributed by atoms with E-state index in [1.165, 1.54) is 5.56 Å². The number of rotatable bonds is 4. The number of methoxy groups -OCH3 is 1. The number of hydrazine groups is 1. The number of hydrogen-bond donors (Lipinski definition) is 4. The van der Waals surface area contributed by atoms with Crippen molar-refractivity contribution in [3.05, 3.63) is 54.1 Å². The SMILES string of the molecule is CCc1cccc(NC(=S)NNC(=S)Nc2ccccc2OC)c1. The van der Waals surface area contributed by atoms with E-state index in [1.807, 2.05) is 36.4 Å². The molecule has 0 bridgehead atoms. The molecule has 24 heavy (non-hydrogen) atoms. The second-order valence-corrected chi connectivity index (χ2v) is 5.73. The van der Waals surface area contributed by atoms with Crippen molar-refractivity contribution in [2.75, 3.05) is 17.7 Å². The van der Waals surface area contributed by atoms with Crippen molar-refractivity contribution < 1.29 is 4.74 Å². The number of para-hydroxylation sites is 2. The first-order chi connectivity index (χ1) is 11.6. The van der Waals surface area contributed by atoms with Crippen LogP contribution < -0.4 is 26.2 Å². The quantitative estimate of drug-likeness (QED) is 0.492. The average molecular weight is 361 g/mol. The van der Waals surface area contributed by atoms with Gasteiger partial charge in [0.25, 0.3) is 0 Å². The highest BCUT2D eigenvalue weighted by Crippen LogP contribution is 2.22. The fraction of sp³-hybridized carbons (Fsp3) is 0.176. The van der Waals surface area contributed by atoms with Crippen molar-refractivity contribution in [3.8, 4) is 5.75 Å². The Balaban J connectivity index is 1.83. The highest BCUT2D eigenvalue weighted by atomic mass is 32.1. The Hall–Kier alpha value is -2.38. The molecule has 0 aromatic heterocycles. The molecule has 0 saturated carbocycles. The van der Waals surface area contributed by atoms with Crippen LogP contribution in [0.4, 0.5) is 11.4 Å². The van der Waals surface area contributed by atoms with E-state index in [4.69, 9.17) is 29.2 Å². The monoisotopic (exact) mass is 360 g/mol. The minimum Gasteiger partial charge on any atom is -0.495 e. The number of anilines is 2. The zero-order valence-corrected chi connectivity index (χ0v) is 15.2. The van der Waals surface area contributed by atoms with E-state index in [1.54, 1.807) is 7.11 Å². The van der Waals surface area contributed by atoms with E-state index >= 15 is 0 Å². The molecule has 2 rings (SSSR count). The lowest BCUT2D eigenvalue weighted by atomic mass is 10.1. The van der Waals surface area contributed by atoms with Gasteiger partial charge in [0, 0.05) is 5.69 Å². The molecule has 0 spiro atoms. The average Bonchev–Trinajstić information content (AvgIpc) is 2.60. The summed E-state index contributed by atoms with van der Waals surface area (Å²) in [5.74, 6) is 0.707. The van der Waals surface area contributed by atoms with Crippen LogP contribution in [-0.4, -0.2) is 17.3 Å². The van der Waals surface area contributed by atoms with E-state index in [9.17, 15) is 0 Å². The Morgan fingerprint density at radius 2 is 1.67 bits per heavy atom. The maximum atomic E-state index is 5.26. The van der Waals surface area contributed by atoms with Gasteiger partial charge in [-0.1, -0.05) is 31.2 Å². The Bertz CT molecular complexity index is 721. The molecule has 0 saturated heterocycles. The molecule has 0 aliphatic heterocycles. The van der Waals surface area contributed by atoms with Crippen LogP contribution in [0.1, 0.15) is 12.5 Å². The molecule has 0 aliphatic carbocycles. The first-order valence-electron chi connectivity index (χ1n) is 7.48. The normalized spacial score (nSPS) is 9.75. The summed E-state index contributed by atoms with van der Waals surface area (Å²) in [6.07, 6.45) is 0.973. The third-order valence-corrected chi connectivity index (χ3v) is 3.65. The molecule has 7 heteroatoms. The Kier molecular flexibility index (Phi) is 6.77. The molecule has 126 valence electrons. The van der Waals surface area contributed by atoms with Gasteiger partial charge < -0.3 is 15.4 Å². The molecule has 0 atom stereocenters. The van der Waals surface area contributed by atoms with Crippen molar-refractivity contribution in [3.63, 3.8) is 0 Å². The lowest BCUT2D eigenvalue weighted by Crippen LogP contribution is -2.45. The standard InChI is InChI=1S/C17H20N4OS2/c1-3-12-7-6-8-13(11-12)18-16(23)20-21-17(24)19-14-9-4-5-10-15(14)22-2/h4-11H,3H2,1-2H3,(H2,18,20,23)(H2,19,21,24). The highest BCUT2D eigenvalue weighted by Gasteiger charge is 2.04. The molecule has 2 aromatic rings. The van der Waals surface area contributed by atoms with Crippen molar-refractivity contribution in [1.29, 1.82) is 0 Å². The Morgan fingerprint density at radius 3 is 2.38 bits per heavy atom. The van der Waals surface area contributed by atoms with Gasteiger partial charge in [0.15, 0.2) is 10.2 Å². The zero-order chi connectivity index (χ0) is 17.4. The number of nitrogens with one attached hydrogen (secondary N) is 4. The second kappa shape index (κ2) is 9.05. The van der Waals surface area contributed by atoms with Crippen molar-refractivity contribution in [2.45, 2.75) is 13.3 Å². The van der Waals surface area contributed by atoms with Gasteiger partial charge in [-0.3, -0.25) is 10.9 Å². The van der Waals surface area contributed by atoms with Crippen LogP contribution in [0.25, 0.3) is 0 Å². The van der Waals surface area contributed by atoms with E-state index in [0.29, 0.717) is 16.0 Å². The topological polar surface area (TPSA) is 57.3 Å². The van der Waals surface area contributed by atoms with Gasteiger partial charge in [0.1, 0.15) is 5.75 Å². The first kappa shape index (κ1) is 18.0. The molecule has 0 aliphatic rings. The summed E-state index contributed by atoms with van der Waals surface area (Å²) < 4.78 is 5.26. The van der Waals surface area contributed by atoms with Gasteiger partial charge in [0.2, 0.25) is 0 Å². The summed E-state index contributed by atoms with van der Waals surface area (Å²) >= 11 is 10.5. The smallest absolute Gasteiger partial charge is 0.189 e. The van der Waals surface area contributed by atoms with Crippen molar-refractivity contribution in [2.24, 2.45) is 0 Å². The van der Waals surface area contributed by atoms with Crippen LogP contribution in [0.2, 0.25) is 0 Å². The van der Waals surface area contributed by atoms with E-state index in [2.05, 4.69) is 40.5 Å². The number of hydrogen-bond acceptors (Lipinski definition) is 3. The Morgan fingerprint density at radius 1 is 0.958 bits per heavy atom. The van der Waals surface area contributed by atoms with E-state index in [-0.39, 0.29) is 0 Å². The number of thiocarbonyl (C=S) groups is 2. The summed E-state index contributed by atoms with van der Waals surface area (Å²) in [5, 5.41) is 6.95. The molecule has 4 N–H and O–H groups in total. The summed E-state index contributed by atoms with van der Waals surface area (Å²) in [6, 6.07) is 15.6. The second-order valence-electron chi connectivity index (χ2n) is 4.91. The lowest BCUT2D eigenvalue weighted by Gasteiger charge is -2.15. The van der Waals surface area contributed by atoms with Gasteiger partial charge >= 0.3 is 0 Å². The third-order valence-electron chi connectivity index (χ3n) is 3.24. The fourth-order valence-electron chi connectivity index (χ4n) is 2.05. The predicted molar refractivity (Wildman–Crippen MR) is 108 cm³/mol. The molecule has 5 nitrogen and oxygen atoms in total. The molecule has 2 aromatic carbocycles. The van der Waals surface area contributed by atoms with Gasteiger partial charge in [-0.15, -0.1) is 0 Å². The summed E-state index contributed by atoms with van der Waals surface area (Å²) in [7, 11) is 1.61. The highest BCUT2D eigenvalue weighted by molar-refractivity contribution is 7.81. The molecule has 0 fully saturated rings. The van der Waals surface area contributed by atoms with Gasteiger partial charge in [-0.25, -0.2) is 0 Å². The number of benzene rings is 2. The van der Waals surface area contributed by atoms with Gasteiger partial charge in [-0.05, 0) is 60.7 Å². The lowest BCUT2D eigenvalue weighted by molar-refractivity contribution is 0.417. The minimum atomic E-state index is 0.381. The van der Waals surface area contributed by atoms with Crippen LogP contribution >= 0.6 is 24.4 Å². The molecule has 0 heterocycles. The zero-order valence-electron chi connectivity index (χ0n) is 13.6. The summed E-state index contributed by atoms with van der Waals surface area (Å²) in [6.45, 7) is 2.11. The first-order valence-corrected chi connectivity index (χ1v) is 8.30. The van der Waals surface area contributed by atoms with Crippen molar-refractivity contribution in [1.82, 2.24) is 10.9 Å². The molecular weight excluding hydrogens is 340 g/mol. The third kappa shape index (κ3) is 5.36. The van der Waals surface area contributed by atoms with Gasteiger partial charge in [-0.2, -0.15) is 0 Å². The molecular formula is C17H20N4OS2. The summed E-state index contributed by atoms with van der Waals surface area (Å²) in [5.41, 5.74) is 8.63. The maximum Gasteiger partial charge on any atom is 0.189 e.